The second-order valence-corrected chi connectivity index (χ2v) is 8.40. The molecule has 0 aromatic heterocycles. The van der Waals surface area contributed by atoms with E-state index in [1.165, 1.54) is 43.9 Å². The van der Waals surface area contributed by atoms with Gasteiger partial charge in [-0.15, -0.1) is 0 Å². The summed E-state index contributed by atoms with van der Waals surface area (Å²) in [6.45, 7) is 6.49. The molecule has 0 aromatic carbocycles. The van der Waals surface area contributed by atoms with Gasteiger partial charge in [-0.05, 0) is 49.3 Å². The van der Waals surface area contributed by atoms with Gasteiger partial charge in [0.05, 0.1) is 13.2 Å². The molecule has 4 heteroatoms. The van der Waals surface area contributed by atoms with E-state index in [4.69, 9.17) is 4.74 Å². The van der Waals surface area contributed by atoms with Crippen LogP contribution in [0, 0.1) is 17.8 Å². The average molecular weight is 308 g/mol. The van der Waals surface area contributed by atoms with Gasteiger partial charge in [0.1, 0.15) is 0 Å². The third kappa shape index (κ3) is 2.92. The van der Waals surface area contributed by atoms with E-state index in [-0.39, 0.29) is 0 Å². The molecule has 3 fully saturated rings. The summed E-state index contributed by atoms with van der Waals surface area (Å²) in [5, 5.41) is 3.86. The SMILES string of the molecule is C1=CC2CC1CC2CNCC1(N2CCOCC2)CCSC1. The van der Waals surface area contributed by atoms with Crippen LogP contribution >= 0.6 is 11.8 Å². The van der Waals surface area contributed by atoms with Crippen molar-refractivity contribution in [2.24, 2.45) is 17.8 Å². The van der Waals surface area contributed by atoms with Crippen molar-refractivity contribution in [3.63, 3.8) is 0 Å². The summed E-state index contributed by atoms with van der Waals surface area (Å²) in [4.78, 5) is 2.71. The molecule has 4 unspecified atom stereocenters. The van der Waals surface area contributed by atoms with Crippen molar-refractivity contribution in [2.75, 3.05) is 50.9 Å². The Bertz CT molecular complexity index is 388. The van der Waals surface area contributed by atoms with E-state index in [1.807, 2.05) is 0 Å². The highest BCUT2D eigenvalue weighted by Gasteiger charge is 2.41. The maximum atomic E-state index is 5.55. The lowest BCUT2D eigenvalue weighted by atomic mass is 9.92. The van der Waals surface area contributed by atoms with E-state index in [0.717, 1.165) is 44.1 Å². The molecule has 2 aliphatic carbocycles. The number of hydrogen-bond donors (Lipinski definition) is 1. The Kier molecular flexibility index (Phi) is 4.32. The van der Waals surface area contributed by atoms with E-state index in [0.29, 0.717) is 5.54 Å². The minimum absolute atomic E-state index is 0.405. The van der Waals surface area contributed by atoms with Gasteiger partial charge >= 0.3 is 0 Å². The number of allylic oxidation sites excluding steroid dienone is 2. The second-order valence-electron chi connectivity index (χ2n) is 7.30. The lowest BCUT2D eigenvalue weighted by molar-refractivity contribution is -0.0135. The highest BCUT2D eigenvalue weighted by molar-refractivity contribution is 7.99. The molecule has 118 valence electrons. The second kappa shape index (κ2) is 6.23. The number of fused-ring (bicyclic) bond motifs is 2. The fraction of sp³-hybridized carbons (Fsp3) is 0.882. The largest absolute Gasteiger partial charge is 0.379 e. The summed E-state index contributed by atoms with van der Waals surface area (Å²) in [6.07, 6.45) is 9.12. The van der Waals surface area contributed by atoms with Gasteiger partial charge in [-0.25, -0.2) is 0 Å². The molecule has 0 aromatic rings. The number of ether oxygens (including phenoxy) is 1. The van der Waals surface area contributed by atoms with E-state index < -0.39 is 0 Å². The Morgan fingerprint density at radius 1 is 1.24 bits per heavy atom. The molecule has 2 heterocycles. The van der Waals surface area contributed by atoms with Crippen LogP contribution in [-0.2, 0) is 4.74 Å². The van der Waals surface area contributed by atoms with Crippen molar-refractivity contribution in [1.29, 1.82) is 0 Å². The van der Waals surface area contributed by atoms with Crippen LogP contribution in [0.5, 0.6) is 0 Å². The average Bonchev–Trinajstić information content (AvgIpc) is 3.25. The summed E-state index contributed by atoms with van der Waals surface area (Å²) in [5.41, 5.74) is 0.405. The van der Waals surface area contributed by atoms with E-state index in [2.05, 4.69) is 34.1 Å². The van der Waals surface area contributed by atoms with Gasteiger partial charge in [0.2, 0.25) is 0 Å². The van der Waals surface area contributed by atoms with Crippen LogP contribution in [0.15, 0.2) is 12.2 Å². The van der Waals surface area contributed by atoms with Gasteiger partial charge in [-0.3, -0.25) is 4.90 Å². The third-order valence-corrected chi connectivity index (χ3v) is 7.28. The van der Waals surface area contributed by atoms with Crippen LogP contribution < -0.4 is 5.32 Å². The molecule has 2 saturated heterocycles. The zero-order valence-electron chi connectivity index (χ0n) is 12.9. The van der Waals surface area contributed by atoms with Gasteiger partial charge in [0, 0.05) is 30.9 Å². The first-order valence-electron chi connectivity index (χ1n) is 8.65. The van der Waals surface area contributed by atoms with Gasteiger partial charge in [-0.1, -0.05) is 12.2 Å². The minimum atomic E-state index is 0.405. The maximum absolute atomic E-state index is 5.55. The lowest BCUT2D eigenvalue weighted by Gasteiger charge is -2.43. The normalized spacial score (nSPS) is 43.0. The first kappa shape index (κ1) is 14.6. The number of rotatable bonds is 5. The van der Waals surface area contributed by atoms with Crippen molar-refractivity contribution in [3.8, 4) is 0 Å². The first-order valence-corrected chi connectivity index (χ1v) is 9.81. The highest BCUT2D eigenvalue weighted by Crippen LogP contribution is 2.43. The smallest absolute Gasteiger partial charge is 0.0594 e. The predicted molar refractivity (Wildman–Crippen MR) is 88.8 cm³/mol. The molecule has 4 aliphatic rings. The lowest BCUT2D eigenvalue weighted by Crippen LogP contribution is -2.58. The number of thioether (sulfide) groups is 1. The molecule has 0 radical (unpaired) electrons. The molecule has 2 bridgehead atoms. The minimum Gasteiger partial charge on any atom is -0.379 e. The molecular weight excluding hydrogens is 280 g/mol. The van der Waals surface area contributed by atoms with Gasteiger partial charge in [0.25, 0.3) is 0 Å². The topological polar surface area (TPSA) is 24.5 Å². The summed E-state index contributed by atoms with van der Waals surface area (Å²) in [7, 11) is 0. The predicted octanol–water partition coefficient (Wildman–Crippen LogP) is 2.00. The van der Waals surface area contributed by atoms with Crippen molar-refractivity contribution in [3.05, 3.63) is 12.2 Å². The summed E-state index contributed by atoms with van der Waals surface area (Å²) < 4.78 is 5.55. The Hall–Kier alpha value is -0.0300. The van der Waals surface area contributed by atoms with E-state index in [1.54, 1.807) is 0 Å². The molecule has 2 aliphatic heterocycles. The quantitative estimate of drug-likeness (QED) is 0.785. The van der Waals surface area contributed by atoms with Gasteiger partial charge in [0.15, 0.2) is 0 Å². The molecule has 0 spiro atoms. The van der Waals surface area contributed by atoms with Crippen LogP contribution in [0.4, 0.5) is 0 Å². The Morgan fingerprint density at radius 3 is 2.81 bits per heavy atom. The van der Waals surface area contributed by atoms with Crippen LogP contribution in [-0.4, -0.2) is 61.3 Å². The molecular formula is C17H28N2OS. The number of nitrogens with zero attached hydrogens (tertiary/aromatic N) is 1. The summed E-state index contributed by atoms with van der Waals surface area (Å²) in [6, 6.07) is 0. The van der Waals surface area contributed by atoms with Crippen LogP contribution in [0.2, 0.25) is 0 Å². The Labute approximate surface area is 132 Å². The fourth-order valence-electron chi connectivity index (χ4n) is 4.75. The summed E-state index contributed by atoms with van der Waals surface area (Å²) >= 11 is 2.14. The molecule has 0 amide bonds. The Morgan fingerprint density at radius 2 is 2.14 bits per heavy atom. The maximum Gasteiger partial charge on any atom is 0.0594 e. The van der Waals surface area contributed by atoms with Crippen molar-refractivity contribution < 1.29 is 4.74 Å². The standard InChI is InChI=1S/C17H28N2OS/c1-2-15-9-14(1)10-16(15)11-18-12-17(3-8-21-13-17)19-4-6-20-7-5-19/h1-2,14-16,18H,3-13H2. The number of morpholine rings is 1. The molecule has 1 saturated carbocycles. The summed E-state index contributed by atoms with van der Waals surface area (Å²) in [5.74, 6) is 5.31. The highest BCUT2D eigenvalue weighted by atomic mass is 32.2. The molecule has 21 heavy (non-hydrogen) atoms. The zero-order valence-corrected chi connectivity index (χ0v) is 13.7. The monoisotopic (exact) mass is 308 g/mol. The van der Waals surface area contributed by atoms with Gasteiger partial charge in [-0.2, -0.15) is 11.8 Å². The first-order chi connectivity index (χ1) is 10.4. The van der Waals surface area contributed by atoms with Crippen molar-refractivity contribution in [2.45, 2.75) is 24.8 Å². The van der Waals surface area contributed by atoms with Gasteiger partial charge < -0.3 is 10.1 Å². The van der Waals surface area contributed by atoms with Crippen molar-refractivity contribution in [1.82, 2.24) is 10.2 Å². The molecule has 4 atom stereocenters. The fourth-order valence-corrected chi connectivity index (χ4v) is 6.23. The third-order valence-electron chi connectivity index (χ3n) is 6.04. The number of nitrogens with one attached hydrogen (secondary N) is 1. The van der Waals surface area contributed by atoms with Crippen LogP contribution in [0.3, 0.4) is 0 Å². The molecule has 3 nitrogen and oxygen atoms in total. The Balaban J connectivity index is 1.31. The van der Waals surface area contributed by atoms with Crippen molar-refractivity contribution >= 4 is 11.8 Å². The van der Waals surface area contributed by atoms with Crippen LogP contribution in [0.25, 0.3) is 0 Å². The van der Waals surface area contributed by atoms with E-state index >= 15 is 0 Å². The molecule has 1 N–H and O–H groups in total. The number of hydrogen-bond acceptors (Lipinski definition) is 4. The van der Waals surface area contributed by atoms with Crippen LogP contribution in [0.1, 0.15) is 19.3 Å². The zero-order chi connectivity index (χ0) is 14.1. The molecule has 4 rings (SSSR count). The van der Waals surface area contributed by atoms with E-state index in [9.17, 15) is 0 Å².